The zero-order chi connectivity index (χ0) is 22.9. The summed E-state index contributed by atoms with van der Waals surface area (Å²) in [5, 5.41) is 10.1. The van der Waals surface area contributed by atoms with Crippen molar-refractivity contribution in [2.45, 2.75) is 12.6 Å². The molecule has 166 valence electrons. The molecule has 9 nitrogen and oxygen atoms in total. The standard InChI is InChI=1S/C20H19F3N8O/c1-30-11-13(10-27-30)18(32)29-17-8-15-12(9-26-17)7-16(31(15)2)14-3-5-24-19(28-14)25-6-4-20(21,22)23/h3,5,7-11H,4,6H2,1-2H3,(H,24,25,28)(H,26,29,32). The van der Waals surface area contributed by atoms with Crippen LogP contribution in [-0.4, -0.2) is 47.9 Å². The summed E-state index contributed by atoms with van der Waals surface area (Å²) in [5.74, 6) is 0.153. The molecule has 2 N–H and O–H groups in total. The molecule has 0 aliphatic heterocycles. The topological polar surface area (TPSA) is 103 Å². The highest BCUT2D eigenvalue weighted by Crippen LogP contribution is 2.27. The van der Waals surface area contributed by atoms with E-state index in [-0.39, 0.29) is 18.4 Å². The Bertz CT molecular complexity index is 1280. The fourth-order valence-corrected chi connectivity index (χ4v) is 3.17. The summed E-state index contributed by atoms with van der Waals surface area (Å²) in [6, 6.07) is 5.26. The molecule has 4 heterocycles. The molecule has 0 saturated carbocycles. The Labute approximate surface area is 180 Å². The Hall–Kier alpha value is -3.96. The van der Waals surface area contributed by atoms with Gasteiger partial charge in [0.1, 0.15) is 5.82 Å². The number of alkyl halides is 3. The largest absolute Gasteiger partial charge is 0.390 e. The van der Waals surface area contributed by atoms with Crippen LogP contribution in [0.15, 0.2) is 43.0 Å². The highest BCUT2D eigenvalue weighted by atomic mass is 19.4. The number of hydrogen-bond acceptors (Lipinski definition) is 6. The molecule has 4 aromatic rings. The van der Waals surface area contributed by atoms with Crippen molar-refractivity contribution in [3.63, 3.8) is 0 Å². The third-order valence-corrected chi connectivity index (χ3v) is 4.75. The van der Waals surface area contributed by atoms with Crippen molar-refractivity contribution in [2.24, 2.45) is 14.1 Å². The number of fused-ring (bicyclic) bond motifs is 1. The number of hydrogen-bond donors (Lipinski definition) is 2. The number of aromatic nitrogens is 6. The zero-order valence-corrected chi connectivity index (χ0v) is 17.2. The maximum atomic E-state index is 12.4. The van der Waals surface area contributed by atoms with E-state index in [1.54, 1.807) is 31.6 Å². The van der Waals surface area contributed by atoms with Gasteiger partial charge in [0.15, 0.2) is 0 Å². The molecule has 4 rings (SSSR count). The number of carbonyl (C=O) groups is 1. The predicted molar refractivity (Wildman–Crippen MR) is 112 cm³/mol. The van der Waals surface area contributed by atoms with Gasteiger partial charge in [-0.25, -0.2) is 15.0 Å². The predicted octanol–water partition coefficient (Wildman–Crippen LogP) is 3.38. The van der Waals surface area contributed by atoms with Gasteiger partial charge >= 0.3 is 6.18 Å². The highest BCUT2D eigenvalue weighted by molar-refractivity contribution is 6.04. The summed E-state index contributed by atoms with van der Waals surface area (Å²) in [4.78, 5) is 24.9. The van der Waals surface area contributed by atoms with Crippen LogP contribution in [0.3, 0.4) is 0 Å². The fourth-order valence-electron chi connectivity index (χ4n) is 3.17. The number of carbonyl (C=O) groups excluding carboxylic acids is 1. The number of rotatable bonds is 6. The van der Waals surface area contributed by atoms with E-state index in [0.717, 1.165) is 16.6 Å². The second-order valence-electron chi connectivity index (χ2n) is 7.13. The molecule has 0 radical (unpaired) electrons. The van der Waals surface area contributed by atoms with Crippen LogP contribution >= 0.6 is 0 Å². The van der Waals surface area contributed by atoms with E-state index in [0.29, 0.717) is 17.1 Å². The Morgan fingerprint density at radius 2 is 1.97 bits per heavy atom. The van der Waals surface area contributed by atoms with Crippen LogP contribution in [0.25, 0.3) is 22.3 Å². The van der Waals surface area contributed by atoms with Crippen LogP contribution in [0.2, 0.25) is 0 Å². The van der Waals surface area contributed by atoms with Crippen molar-refractivity contribution >= 4 is 28.6 Å². The lowest BCUT2D eigenvalue weighted by Gasteiger charge is -2.09. The molecule has 0 bridgehead atoms. The molecule has 0 aliphatic carbocycles. The first kappa shape index (κ1) is 21.3. The average molecular weight is 444 g/mol. The van der Waals surface area contributed by atoms with Crippen LogP contribution in [0.5, 0.6) is 0 Å². The minimum atomic E-state index is -4.25. The molecular weight excluding hydrogens is 425 g/mol. The molecule has 0 spiro atoms. The monoisotopic (exact) mass is 444 g/mol. The van der Waals surface area contributed by atoms with Crippen LogP contribution in [0, 0.1) is 0 Å². The smallest absolute Gasteiger partial charge is 0.354 e. The van der Waals surface area contributed by atoms with Gasteiger partial charge in [0.05, 0.1) is 35.1 Å². The summed E-state index contributed by atoms with van der Waals surface area (Å²) >= 11 is 0. The van der Waals surface area contributed by atoms with Crippen molar-refractivity contribution in [1.29, 1.82) is 0 Å². The van der Waals surface area contributed by atoms with Gasteiger partial charge in [0, 0.05) is 50.7 Å². The second-order valence-corrected chi connectivity index (χ2v) is 7.13. The maximum absolute atomic E-state index is 12.4. The first-order valence-corrected chi connectivity index (χ1v) is 9.59. The van der Waals surface area contributed by atoms with Crippen LogP contribution in [-0.2, 0) is 14.1 Å². The van der Waals surface area contributed by atoms with Crippen molar-refractivity contribution < 1.29 is 18.0 Å². The average Bonchev–Trinajstić information content (AvgIpc) is 3.31. The van der Waals surface area contributed by atoms with Crippen molar-refractivity contribution in [3.8, 4) is 11.4 Å². The number of nitrogens with zero attached hydrogens (tertiary/aromatic N) is 6. The minimum Gasteiger partial charge on any atom is -0.354 e. The first-order valence-electron chi connectivity index (χ1n) is 9.59. The van der Waals surface area contributed by atoms with Gasteiger partial charge in [-0.2, -0.15) is 18.3 Å². The van der Waals surface area contributed by atoms with Crippen molar-refractivity contribution in [1.82, 2.24) is 29.3 Å². The van der Waals surface area contributed by atoms with Gasteiger partial charge in [0.2, 0.25) is 5.95 Å². The van der Waals surface area contributed by atoms with E-state index in [1.165, 1.54) is 17.1 Å². The summed E-state index contributed by atoms with van der Waals surface area (Å²) in [5.41, 5.74) is 2.46. The molecule has 0 aromatic carbocycles. The van der Waals surface area contributed by atoms with Crippen molar-refractivity contribution in [3.05, 3.63) is 48.5 Å². The van der Waals surface area contributed by atoms with Gasteiger partial charge in [-0.3, -0.25) is 9.48 Å². The number of aryl methyl sites for hydroxylation is 2. The van der Waals surface area contributed by atoms with E-state index >= 15 is 0 Å². The lowest BCUT2D eigenvalue weighted by Crippen LogP contribution is -2.15. The number of anilines is 2. The lowest BCUT2D eigenvalue weighted by molar-refractivity contribution is -0.131. The quantitative estimate of drug-likeness (QED) is 0.473. The summed E-state index contributed by atoms with van der Waals surface area (Å²) < 4.78 is 40.5. The number of pyridine rings is 1. The SMILES string of the molecule is Cn1cc(C(=O)Nc2cc3c(cn2)cc(-c2ccnc(NCCC(F)(F)F)n2)n3C)cn1. The summed E-state index contributed by atoms with van der Waals surface area (Å²) in [7, 11) is 3.54. The maximum Gasteiger partial charge on any atom is 0.390 e. The highest BCUT2D eigenvalue weighted by Gasteiger charge is 2.26. The summed E-state index contributed by atoms with van der Waals surface area (Å²) in [6.45, 7) is -0.314. The van der Waals surface area contributed by atoms with E-state index in [2.05, 4.69) is 30.7 Å². The Morgan fingerprint density at radius 3 is 2.69 bits per heavy atom. The Kier molecular flexibility index (Phi) is 5.51. The molecule has 4 aromatic heterocycles. The van der Waals surface area contributed by atoms with Crippen LogP contribution in [0.1, 0.15) is 16.8 Å². The number of nitrogens with one attached hydrogen (secondary N) is 2. The van der Waals surface area contributed by atoms with Crippen LogP contribution in [0.4, 0.5) is 24.9 Å². The normalized spacial score (nSPS) is 11.7. The minimum absolute atomic E-state index is 0.111. The van der Waals surface area contributed by atoms with Crippen molar-refractivity contribution in [2.75, 3.05) is 17.2 Å². The third-order valence-electron chi connectivity index (χ3n) is 4.75. The van der Waals surface area contributed by atoms with E-state index in [1.807, 2.05) is 17.7 Å². The molecule has 0 aliphatic rings. The molecule has 32 heavy (non-hydrogen) atoms. The second kappa shape index (κ2) is 8.29. The zero-order valence-electron chi connectivity index (χ0n) is 17.2. The van der Waals surface area contributed by atoms with Gasteiger partial charge in [-0.15, -0.1) is 0 Å². The van der Waals surface area contributed by atoms with E-state index in [9.17, 15) is 18.0 Å². The van der Waals surface area contributed by atoms with E-state index < -0.39 is 12.6 Å². The Balaban J connectivity index is 1.56. The van der Waals surface area contributed by atoms with Gasteiger partial charge < -0.3 is 15.2 Å². The number of amides is 1. The molecule has 0 fully saturated rings. The summed E-state index contributed by atoms with van der Waals surface area (Å²) in [6.07, 6.45) is 0.939. The molecule has 1 amide bonds. The molecule has 12 heteroatoms. The Morgan fingerprint density at radius 1 is 1.16 bits per heavy atom. The molecule has 0 unspecified atom stereocenters. The lowest BCUT2D eigenvalue weighted by atomic mass is 10.2. The van der Waals surface area contributed by atoms with Gasteiger partial charge in [-0.05, 0) is 12.1 Å². The molecular formula is C20H19F3N8O. The first-order chi connectivity index (χ1) is 15.2. The molecule has 0 saturated heterocycles. The fraction of sp³-hybridized carbons (Fsp3) is 0.250. The van der Waals surface area contributed by atoms with Gasteiger partial charge in [-0.1, -0.05) is 0 Å². The third kappa shape index (κ3) is 4.68. The van der Waals surface area contributed by atoms with Crippen LogP contribution < -0.4 is 10.6 Å². The van der Waals surface area contributed by atoms with E-state index in [4.69, 9.17) is 0 Å². The number of halogens is 3. The molecule has 0 atom stereocenters. The van der Waals surface area contributed by atoms with Gasteiger partial charge in [0.25, 0.3) is 5.91 Å².